The normalized spacial score (nSPS) is 10.8. The van der Waals surface area contributed by atoms with Crippen molar-refractivity contribution in [3.8, 4) is 5.69 Å². The van der Waals surface area contributed by atoms with E-state index >= 15 is 0 Å². The zero-order valence-corrected chi connectivity index (χ0v) is 16.2. The lowest BCUT2D eigenvalue weighted by Gasteiger charge is -2.20. The van der Waals surface area contributed by atoms with Gasteiger partial charge in [0.25, 0.3) is 0 Å². The predicted molar refractivity (Wildman–Crippen MR) is 112 cm³/mol. The van der Waals surface area contributed by atoms with Gasteiger partial charge in [-0.25, -0.2) is 9.67 Å². The van der Waals surface area contributed by atoms with Gasteiger partial charge in [0.2, 0.25) is 5.91 Å². The quantitative estimate of drug-likeness (QED) is 0.562. The number of halogens is 1. The van der Waals surface area contributed by atoms with Crippen molar-refractivity contribution in [3.63, 3.8) is 0 Å². The van der Waals surface area contributed by atoms with Crippen LogP contribution >= 0.6 is 11.6 Å². The summed E-state index contributed by atoms with van der Waals surface area (Å²) < 4.78 is 1.59. The first-order valence-corrected chi connectivity index (χ1v) is 9.35. The minimum Gasteiger partial charge on any atom is -0.323 e. The molecule has 0 aliphatic rings. The van der Waals surface area contributed by atoms with Gasteiger partial charge in [0, 0.05) is 18.1 Å². The van der Waals surface area contributed by atoms with E-state index in [1.807, 2.05) is 18.2 Å². The second-order valence-electron chi connectivity index (χ2n) is 6.31. The van der Waals surface area contributed by atoms with E-state index in [0.29, 0.717) is 22.9 Å². The van der Waals surface area contributed by atoms with Gasteiger partial charge in [0.05, 0.1) is 17.9 Å². The smallest absolute Gasteiger partial charge is 0.238 e. The third kappa shape index (κ3) is 5.52. The van der Waals surface area contributed by atoms with Gasteiger partial charge in [0.1, 0.15) is 12.7 Å². The molecule has 0 aliphatic carbocycles. The largest absolute Gasteiger partial charge is 0.323 e. The molecule has 0 atom stereocenters. The monoisotopic (exact) mass is 395 g/mol. The molecule has 144 valence electrons. The summed E-state index contributed by atoms with van der Waals surface area (Å²) in [6, 6.07) is 15.5. The summed E-state index contributed by atoms with van der Waals surface area (Å²) in [6.45, 7) is 5.44. The van der Waals surface area contributed by atoms with Crippen molar-refractivity contribution in [3.05, 3.63) is 84.4 Å². The van der Waals surface area contributed by atoms with Gasteiger partial charge in [-0.15, -0.1) is 6.58 Å². The first-order valence-electron chi connectivity index (χ1n) is 8.97. The molecule has 0 bridgehead atoms. The van der Waals surface area contributed by atoms with E-state index in [2.05, 4.69) is 39.0 Å². The third-order valence-corrected chi connectivity index (χ3v) is 4.45. The number of rotatable bonds is 9. The summed E-state index contributed by atoms with van der Waals surface area (Å²) in [6.07, 6.45) is 5.68. The van der Waals surface area contributed by atoms with Crippen molar-refractivity contribution in [2.45, 2.75) is 6.42 Å². The van der Waals surface area contributed by atoms with Gasteiger partial charge < -0.3 is 5.32 Å². The van der Waals surface area contributed by atoms with Crippen molar-refractivity contribution in [2.75, 3.05) is 25.0 Å². The maximum atomic E-state index is 12.7. The molecule has 0 fully saturated rings. The zero-order chi connectivity index (χ0) is 19.8. The van der Waals surface area contributed by atoms with Crippen LogP contribution in [-0.2, 0) is 11.2 Å². The van der Waals surface area contributed by atoms with E-state index in [1.54, 1.807) is 35.3 Å². The van der Waals surface area contributed by atoms with Gasteiger partial charge in [-0.3, -0.25) is 9.69 Å². The Labute approximate surface area is 169 Å². The Bertz CT molecular complexity index is 912. The fraction of sp³-hybridized carbons (Fsp3) is 0.190. The van der Waals surface area contributed by atoms with Crippen LogP contribution < -0.4 is 5.32 Å². The van der Waals surface area contributed by atoms with Gasteiger partial charge in [0.15, 0.2) is 0 Å². The highest BCUT2D eigenvalue weighted by Crippen LogP contribution is 2.24. The number of aromatic nitrogens is 3. The van der Waals surface area contributed by atoms with Crippen LogP contribution in [0.3, 0.4) is 0 Å². The number of hydrogen-bond donors (Lipinski definition) is 1. The second-order valence-corrected chi connectivity index (χ2v) is 6.75. The lowest BCUT2D eigenvalue weighted by atomic mass is 10.1. The van der Waals surface area contributed by atoms with Crippen LogP contribution in [0, 0.1) is 0 Å². The predicted octanol–water partition coefficient (Wildman–Crippen LogP) is 3.59. The number of benzene rings is 2. The molecular formula is C21H22ClN5O. The molecule has 7 heteroatoms. The molecule has 6 nitrogen and oxygen atoms in total. The minimum atomic E-state index is -0.126. The first-order chi connectivity index (χ1) is 13.7. The fourth-order valence-electron chi connectivity index (χ4n) is 2.88. The SMILES string of the molecule is C=CCN(CCc1ccccc1)CC(=O)Nc1cc(Cl)ccc1-n1cncn1. The molecule has 0 radical (unpaired) electrons. The Balaban J connectivity index is 1.66. The summed E-state index contributed by atoms with van der Waals surface area (Å²) in [5.74, 6) is -0.126. The van der Waals surface area contributed by atoms with Crippen LogP contribution in [0.15, 0.2) is 73.8 Å². The molecule has 0 spiro atoms. The highest BCUT2D eigenvalue weighted by molar-refractivity contribution is 6.31. The van der Waals surface area contributed by atoms with Crippen molar-refractivity contribution < 1.29 is 4.79 Å². The number of nitrogens with one attached hydrogen (secondary N) is 1. The fourth-order valence-corrected chi connectivity index (χ4v) is 3.06. The second kappa shape index (κ2) is 9.82. The van der Waals surface area contributed by atoms with Crippen LogP contribution in [0.25, 0.3) is 5.69 Å². The Kier molecular flexibility index (Phi) is 6.94. The van der Waals surface area contributed by atoms with Crippen LogP contribution in [0.2, 0.25) is 5.02 Å². The van der Waals surface area contributed by atoms with E-state index in [9.17, 15) is 4.79 Å². The summed E-state index contributed by atoms with van der Waals surface area (Å²) in [4.78, 5) is 18.7. The Morgan fingerprint density at radius 2 is 2.07 bits per heavy atom. The molecule has 0 unspecified atom stereocenters. The van der Waals surface area contributed by atoms with Crippen molar-refractivity contribution >= 4 is 23.2 Å². The van der Waals surface area contributed by atoms with Gasteiger partial charge in [-0.2, -0.15) is 5.10 Å². The molecule has 1 N–H and O–H groups in total. The topological polar surface area (TPSA) is 63.1 Å². The maximum Gasteiger partial charge on any atom is 0.238 e. The van der Waals surface area contributed by atoms with E-state index in [4.69, 9.17) is 11.6 Å². The highest BCUT2D eigenvalue weighted by Gasteiger charge is 2.13. The van der Waals surface area contributed by atoms with Gasteiger partial charge in [-0.1, -0.05) is 48.0 Å². The number of carbonyl (C=O) groups is 1. The van der Waals surface area contributed by atoms with Crippen LogP contribution in [0.5, 0.6) is 0 Å². The number of anilines is 1. The van der Waals surface area contributed by atoms with Crippen LogP contribution in [0.1, 0.15) is 5.56 Å². The number of amides is 1. The van der Waals surface area contributed by atoms with Gasteiger partial charge >= 0.3 is 0 Å². The molecule has 1 amide bonds. The molecular weight excluding hydrogens is 374 g/mol. The molecule has 2 aromatic carbocycles. The molecule has 28 heavy (non-hydrogen) atoms. The Morgan fingerprint density at radius 1 is 1.25 bits per heavy atom. The van der Waals surface area contributed by atoms with E-state index in [-0.39, 0.29) is 12.5 Å². The molecule has 3 rings (SSSR count). The van der Waals surface area contributed by atoms with Crippen molar-refractivity contribution in [2.24, 2.45) is 0 Å². The Morgan fingerprint density at radius 3 is 2.79 bits per heavy atom. The van der Waals surface area contributed by atoms with Crippen molar-refractivity contribution in [1.29, 1.82) is 0 Å². The lowest BCUT2D eigenvalue weighted by Crippen LogP contribution is -2.35. The van der Waals surface area contributed by atoms with E-state index in [0.717, 1.165) is 13.0 Å². The van der Waals surface area contributed by atoms with E-state index in [1.165, 1.54) is 11.9 Å². The van der Waals surface area contributed by atoms with Crippen LogP contribution in [0.4, 0.5) is 5.69 Å². The maximum absolute atomic E-state index is 12.7. The molecule has 1 aromatic heterocycles. The minimum absolute atomic E-state index is 0.126. The average Bonchev–Trinajstić information content (AvgIpc) is 3.22. The third-order valence-electron chi connectivity index (χ3n) is 4.21. The average molecular weight is 396 g/mol. The van der Waals surface area contributed by atoms with Crippen molar-refractivity contribution in [1.82, 2.24) is 19.7 Å². The summed E-state index contributed by atoms with van der Waals surface area (Å²) >= 11 is 6.11. The van der Waals surface area contributed by atoms with Gasteiger partial charge in [-0.05, 0) is 30.2 Å². The molecule has 0 aliphatic heterocycles. The molecule has 0 saturated carbocycles. The zero-order valence-electron chi connectivity index (χ0n) is 15.5. The highest BCUT2D eigenvalue weighted by atomic mass is 35.5. The number of nitrogens with zero attached hydrogens (tertiary/aromatic N) is 4. The Hall–Kier alpha value is -2.96. The summed E-state index contributed by atoms with van der Waals surface area (Å²) in [5, 5.41) is 7.60. The van der Waals surface area contributed by atoms with Crippen LogP contribution in [-0.4, -0.2) is 45.2 Å². The van der Waals surface area contributed by atoms with E-state index < -0.39 is 0 Å². The molecule has 1 heterocycles. The summed E-state index contributed by atoms with van der Waals surface area (Å²) in [5.41, 5.74) is 2.53. The molecule has 3 aromatic rings. The first kappa shape index (κ1) is 19.8. The lowest BCUT2D eigenvalue weighted by molar-refractivity contribution is -0.117. The summed E-state index contributed by atoms with van der Waals surface area (Å²) in [7, 11) is 0. The standard InChI is InChI=1S/C21H22ClN5O/c1-2-11-26(12-10-17-6-4-3-5-7-17)14-21(28)25-19-13-18(22)8-9-20(19)27-16-23-15-24-27/h2-9,13,15-16H,1,10-12,14H2,(H,25,28). The number of hydrogen-bond acceptors (Lipinski definition) is 4. The molecule has 0 saturated heterocycles. The number of carbonyl (C=O) groups excluding carboxylic acids is 1.